The molecule has 0 bridgehead atoms. The maximum atomic E-state index is 12.9. The number of aliphatic hydroxyl groups excluding tert-OH is 1. The molecule has 1 aromatic rings. The molecule has 100 valence electrons. The lowest BCUT2D eigenvalue weighted by atomic mass is 9.96. The van der Waals surface area contributed by atoms with Gasteiger partial charge in [-0.05, 0) is 48.6 Å². The van der Waals surface area contributed by atoms with Crippen LogP contribution in [0.5, 0.6) is 0 Å². The molecule has 1 aromatic carbocycles. The van der Waals surface area contributed by atoms with Gasteiger partial charge in [0.1, 0.15) is 5.82 Å². The number of benzene rings is 1. The molecule has 1 aliphatic heterocycles. The Kier molecular flexibility index (Phi) is 4.53. The topological polar surface area (TPSA) is 47.3 Å². The van der Waals surface area contributed by atoms with Gasteiger partial charge in [-0.3, -0.25) is 0 Å². The minimum Gasteiger partial charge on any atom is -0.396 e. The van der Waals surface area contributed by atoms with Crippen LogP contribution in [0.15, 0.2) is 30.3 Å². The van der Waals surface area contributed by atoms with Crippen LogP contribution in [0.1, 0.15) is 18.4 Å². The minimum atomic E-state index is -0.279. The van der Waals surface area contributed by atoms with Crippen LogP contribution >= 0.6 is 0 Å². The van der Waals surface area contributed by atoms with E-state index in [2.05, 4.69) is 11.0 Å². The van der Waals surface area contributed by atoms with Crippen LogP contribution in [-0.4, -0.2) is 29.7 Å². The zero-order valence-electron chi connectivity index (χ0n) is 10.7. The number of rotatable bonds is 3. The Labute approximate surface area is 112 Å². The van der Waals surface area contributed by atoms with Crippen LogP contribution in [0, 0.1) is 23.1 Å². The summed E-state index contributed by atoms with van der Waals surface area (Å²) in [7, 11) is 0. The van der Waals surface area contributed by atoms with Gasteiger partial charge in [0, 0.05) is 25.8 Å². The summed E-state index contributed by atoms with van der Waals surface area (Å²) >= 11 is 0. The van der Waals surface area contributed by atoms with Gasteiger partial charge in [-0.2, -0.15) is 5.26 Å². The van der Waals surface area contributed by atoms with Crippen LogP contribution in [-0.2, 0) is 0 Å². The molecule has 19 heavy (non-hydrogen) atoms. The molecule has 1 aliphatic rings. The van der Waals surface area contributed by atoms with Crippen LogP contribution in [0.4, 0.5) is 4.39 Å². The number of likely N-dealkylation sites (tertiary alicyclic amines) is 1. The van der Waals surface area contributed by atoms with Crippen molar-refractivity contribution in [2.24, 2.45) is 5.92 Å². The van der Waals surface area contributed by atoms with E-state index in [1.54, 1.807) is 12.1 Å². The average Bonchev–Trinajstić information content (AvgIpc) is 2.46. The highest BCUT2D eigenvalue weighted by atomic mass is 19.1. The Hall–Kier alpha value is -1.86. The molecule has 0 unspecified atom stereocenters. The maximum Gasteiger partial charge on any atom is 0.123 e. The second kappa shape index (κ2) is 6.35. The van der Waals surface area contributed by atoms with Crippen molar-refractivity contribution in [2.45, 2.75) is 12.8 Å². The summed E-state index contributed by atoms with van der Waals surface area (Å²) in [5, 5.41) is 18.1. The normalized spacial score (nSPS) is 17.3. The number of piperidine rings is 1. The van der Waals surface area contributed by atoms with Crippen molar-refractivity contribution in [3.63, 3.8) is 0 Å². The van der Waals surface area contributed by atoms with Crippen LogP contribution < -0.4 is 0 Å². The van der Waals surface area contributed by atoms with E-state index >= 15 is 0 Å². The quantitative estimate of drug-likeness (QED) is 0.849. The highest BCUT2D eigenvalue weighted by Gasteiger charge is 2.20. The number of halogens is 1. The molecule has 0 aromatic heterocycles. The third-order valence-electron chi connectivity index (χ3n) is 3.55. The molecule has 2 rings (SSSR count). The smallest absolute Gasteiger partial charge is 0.123 e. The van der Waals surface area contributed by atoms with Gasteiger partial charge in [-0.15, -0.1) is 0 Å². The first-order chi connectivity index (χ1) is 9.24. The van der Waals surface area contributed by atoms with Gasteiger partial charge in [-0.25, -0.2) is 4.39 Å². The molecule has 0 saturated carbocycles. The lowest BCUT2D eigenvalue weighted by Crippen LogP contribution is -2.33. The Balaban J connectivity index is 2.16. The zero-order valence-corrected chi connectivity index (χ0v) is 10.7. The van der Waals surface area contributed by atoms with E-state index in [4.69, 9.17) is 10.4 Å². The molecule has 1 fully saturated rings. The summed E-state index contributed by atoms with van der Waals surface area (Å²) in [5.74, 6) is 0.0758. The highest BCUT2D eigenvalue weighted by molar-refractivity contribution is 5.66. The zero-order chi connectivity index (χ0) is 13.7. The first-order valence-electron chi connectivity index (χ1n) is 6.46. The van der Waals surface area contributed by atoms with Crippen molar-refractivity contribution in [3.05, 3.63) is 41.7 Å². The van der Waals surface area contributed by atoms with Crippen LogP contribution in [0.3, 0.4) is 0 Å². The molecule has 0 atom stereocenters. The second-order valence-electron chi connectivity index (χ2n) is 4.78. The van der Waals surface area contributed by atoms with E-state index < -0.39 is 0 Å². The van der Waals surface area contributed by atoms with Gasteiger partial charge < -0.3 is 10.0 Å². The third-order valence-corrected chi connectivity index (χ3v) is 3.55. The largest absolute Gasteiger partial charge is 0.396 e. The Morgan fingerprint density at radius 2 is 2.00 bits per heavy atom. The molecule has 0 amide bonds. The van der Waals surface area contributed by atoms with Crippen molar-refractivity contribution in [3.8, 4) is 6.07 Å². The van der Waals surface area contributed by atoms with Gasteiger partial charge >= 0.3 is 0 Å². The SMILES string of the molecule is N#C/C=C(\c1ccc(F)cc1)N1CCC(CO)CC1. The van der Waals surface area contributed by atoms with Crippen LogP contribution in [0.2, 0.25) is 0 Å². The monoisotopic (exact) mass is 260 g/mol. The lowest BCUT2D eigenvalue weighted by Gasteiger charge is -2.34. The van der Waals surface area contributed by atoms with E-state index in [0.29, 0.717) is 5.92 Å². The Bertz CT molecular complexity index is 482. The Morgan fingerprint density at radius 3 is 2.53 bits per heavy atom. The fraction of sp³-hybridized carbons (Fsp3) is 0.400. The molecule has 0 radical (unpaired) electrons. The van der Waals surface area contributed by atoms with Crippen molar-refractivity contribution < 1.29 is 9.50 Å². The molecule has 3 nitrogen and oxygen atoms in total. The van der Waals surface area contributed by atoms with Gasteiger partial charge in [0.2, 0.25) is 0 Å². The highest BCUT2D eigenvalue weighted by Crippen LogP contribution is 2.26. The molecule has 4 heteroatoms. The second-order valence-corrected chi connectivity index (χ2v) is 4.78. The fourth-order valence-corrected chi connectivity index (χ4v) is 2.40. The molecule has 1 N–H and O–H groups in total. The molecule has 0 spiro atoms. The summed E-state index contributed by atoms with van der Waals surface area (Å²) in [4.78, 5) is 2.13. The first kappa shape index (κ1) is 13.6. The van der Waals surface area contributed by atoms with Gasteiger partial charge in [0.25, 0.3) is 0 Å². The van der Waals surface area contributed by atoms with E-state index in [9.17, 15) is 4.39 Å². The number of hydrogen-bond donors (Lipinski definition) is 1. The van der Waals surface area contributed by atoms with Crippen molar-refractivity contribution in [1.82, 2.24) is 4.90 Å². The summed E-state index contributed by atoms with van der Waals surface area (Å²) in [5.41, 5.74) is 1.68. The predicted octanol–water partition coefficient (Wildman–Crippen LogP) is 2.39. The summed E-state index contributed by atoms with van der Waals surface area (Å²) in [6.45, 7) is 1.86. The lowest BCUT2D eigenvalue weighted by molar-refractivity contribution is 0.162. The number of hydrogen-bond acceptors (Lipinski definition) is 3. The van der Waals surface area contributed by atoms with Crippen molar-refractivity contribution in [2.75, 3.05) is 19.7 Å². The van der Waals surface area contributed by atoms with Crippen LogP contribution in [0.25, 0.3) is 5.70 Å². The number of nitriles is 1. The van der Waals surface area contributed by atoms with E-state index in [0.717, 1.165) is 37.2 Å². The fourth-order valence-electron chi connectivity index (χ4n) is 2.40. The summed E-state index contributed by atoms with van der Waals surface area (Å²) in [6, 6.07) is 8.25. The summed E-state index contributed by atoms with van der Waals surface area (Å²) in [6.07, 6.45) is 3.34. The molecular formula is C15H17FN2O. The van der Waals surface area contributed by atoms with Gasteiger partial charge in [-0.1, -0.05) is 0 Å². The Morgan fingerprint density at radius 1 is 1.37 bits per heavy atom. The maximum absolute atomic E-state index is 12.9. The standard InChI is InChI=1S/C15H17FN2O/c16-14-3-1-13(2-4-14)15(5-8-17)18-9-6-12(11-19)7-10-18/h1-5,12,19H,6-7,9-11H2/b15-5+. The number of allylic oxidation sites excluding steroid dienone is 1. The summed E-state index contributed by atoms with van der Waals surface area (Å²) < 4.78 is 12.9. The first-order valence-corrected chi connectivity index (χ1v) is 6.46. The number of aliphatic hydroxyl groups is 1. The van der Waals surface area contributed by atoms with Crippen molar-refractivity contribution >= 4 is 5.70 Å². The number of nitrogens with zero attached hydrogens (tertiary/aromatic N) is 2. The van der Waals surface area contributed by atoms with Crippen molar-refractivity contribution in [1.29, 1.82) is 5.26 Å². The molecule has 0 aliphatic carbocycles. The molecule has 1 saturated heterocycles. The molecule has 1 heterocycles. The van der Waals surface area contributed by atoms with Gasteiger partial charge in [0.15, 0.2) is 0 Å². The van der Waals surface area contributed by atoms with E-state index in [1.165, 1.54) is 18.2 Å². The third kappa shape index (κ3) is 3.33. The van der Waals surface area contributed by atoms with E-state index in [-0.39, 0.29) is 12.4 Å². The van der Waals surface area contributed by atoms with E-state index in [1.807, 2.05) is 0 Å². The molecular weight excluding hydrogens is 243 g/mol. The average molecular weight is 260 g/mol. The minimum absolute atomic E-state index is 0.224. The predicted molar refractivity (Wildman–Crippen MR) is 71.4 cm³/mol. The van der Waals surface area contributed by atoms with Gasteiger partial charge in [0.05, 0.1) is 11.8 Å².